The molecule has 0 unspecified atom stereocenters. The van der Waals surface area contributed by atoms with Crippen molar-refractivity contribution in [3.63, 3.8) is 0 Å². The summed E-state index contributed by atoms with van der Waals surface area (Å²) in [6, 6.07) is 19.1. The lowest BCUT2D eigenvalue weighted by atomic mass is 9.83. The highest BCUT2D eigenvalue weighted by molar-refractivity contribution is 9.10. The number of aryl methyl sites for hydroxylation is 1. The number of phenolic OH excluding ortho intramolecular Hbond substituents is 1. The molecule has 5 nitrogen and oxygen atoms in total. The zero-order valence-corrected chi connectivity index (χ0v) is 22.3. The van der Waals surface area contributed by atoms with Crippen LogP contribution in [0.15, 0.2) is 80.5 Å². The molecule has 1 atom stereocenters. The van der Waals surface area contributed by atoms with Gasteiger partial charge in [-0.05, 0) is 48.3 Å². The van der Waals surface area contributed by atoms with E-state index in [9.17, 15) is 9.90 Å². The van der Waals surface area contributed by atoms with E-state index in [4.69, 9.17) is 21.3 Å². The molecule has 0 amide bonds. The molecule has 3 aromatic carbocycles. The molecule has 1 aliphatic carbocycles. The van der Waals surface area contributed by atoms with Crippen LogP contribution in [0.3, 0.4) is 0 Å². The minimum Gasteiger partial charge on any atom is -0.506 e. The number of aromatic nitrogens is 1. The zero-order valence-electron chi connectivity index (χ0n) is 19.2. The van der Waals surface area contributed by atoms with Crippen LogP contribution < -0.4 is 19.6 Å². The fourth-order valence-electron chi connectivity index (χ4n) is 5.03. The number of methoxy groups -OCH3 is 1. The first kappa shape index (κ1) is 23.3. The van der Waals surface area contributed by atoms with Crippen molar-refractivity contribution in [3.8, 4) is 11.5 Å². The molecule has 4 aromatic rings. The molecule has 0 saturated carbocycles. The van der Waals surface area contributed by atoms with Crippen molar-refractivity contribution in [1.29, 1.82) is 0 Å². The van der Waals surface area contributed by atoms with Crippen molar-refractivity contribution in [2.24, 2.45) is 4.99 Å². The number of thiazole rings is 1. The Morgan fingerprint density at radius 3 is 2.78 bits per heavy atom. The van der Waals surface area contributed by atoms with E-state index in [-0.39, 0.29) is 22.4 Å². The van der Waals surface area contributed by atoms with Gasteiger partial charge in [0.2, 0.25) is 0 Å². The number of ether oxygens (including phenoxy) is 1. The molecule has 0 saturated heterocycles. The second-order valence-electron chi connectivity index (χ2n) is 8.68. The molecule has 0 spiro atoms. The molecule has 6 rings (SSSR count). The molecule has 1 aromatic heterocycles. The van der Waals surface area contributed by atoms with Gasteiger partial charge < -0.3 is 9.84 Å². The van der Waals surface area contributed by atoms with Gasteiger partial charge in [0.05, 0.1) is 28.4 Å². The standard InChI is InChI=1S/C28H20BrClN2O3S/c1-35-22-9-5-4-8-19(22)25-20-11-10-15-6-2-3-7-18(15)24(20)31-28-32(25)27(34)23(36-28)13-16-12-17(29)14-21(30)26(16)33/h2-9,12-14,25,33H,10-11H2,1H3/b23-13+/t25-/m1/s1. The van der Waals surface area contributed by atoms with E-state index >= 15 is 0 Å². The van der Waals surface area contributed by atoms with Crippen molar-refractivity contribution >= 4 is 50.6 Å². The normalized spacial score (nSPS) is 16.8. The SMILES string of the molecule is COc1ccccc1[C@@H]1C2=C(N=c3s/c(=C/c4cc(Br)cc(Cl)c4O)c(=O)n31)c1ccccc1CC2. The summed E-state index contributed by atoms with van der Waals surface area (Å²) in [6.07, 6.45) is 3.35. The van der Waals surface area contributed by atoms with Crippen molar-refractivity contribution < 1.29 is 9.84 Å². The Kier molecular flexibility index (Phi) is 5.86. The summed E-state index contributed by atoms with van der Waals surface area (Å²) in [5.74, 6) is 0.654. The lowest BCUT2D eigenvalue weighted by Gasteiger charge is -2.31. The first-order valence-electron chi connectivity index (χ1n) is 11.4. The van der Waals surface area contributed by atoms with Gasteiger partial charge in [0.1, 0.15) is 11.5 Å². The van der Waals surface area contributed by atoms with Crippen LogP contribution in [0.4, 0.5) is 0 Å². The summed E-state index contributed by atoms with van der Waals surface area (Å²) in [7, 11) is 1.65. The number of hydrogen-bond acceptors (Lipinski definition) is 5. The van der Waals surface area contributed by atoms with Gasteiger partial charge in [-0.3, -0.25) is 9.36 Å². The maximum Gasteiger partial charge on any atom is 0.271 e. The lowest BCUT2D eigenvalue weighted by molar-refractivity contribution is 0.402. The number of phenols is 1. The van der Waals surface area contributed by atoms with Crippen molar-refractivity contribution in [2.75, 3.05) is 7.11 Å². The fraction of sp³-hybridized carbons (Fsp3) is 0.143. The quantitative estimate of drug-likeness (QED) is 0.351. The Bertz CT molecular complexity index is 1760. The highest BCUT2D eigenvalue weighted by atomic mass is 79.9. The Hall–Kier alpha value is -3.13. The number of rotatable bonds is 3. The predicted octanol–water partition coefficient (Wildman–Crippen LogP) is 5.45. The number of nitrogens with zero attached hydrogens (tertiary/aromatic N) is 2. The molecule has 0 radical (unpaired) electrons. The summed E-state index contributed by atoms with van der Waals surface area (Å²) in [5.41, 5.74) is 5.60. The van der Waals surface area contributed by atoms with E-state index in [0.29, 0.717) is 19.4 Å². The number of hydrogen-bond donors (Lipinski definition) is 1. The minimum absolute atomic E-state index is 0.0693. The number of para-hydroxylation sites is 1. The second kappa shape index (κ2) is 9.07. The molecular weight excluding hydrogens is 560 g/mol. The maximum absolute atomic E-state index is 13.9. The van der Waals surface area contributed by atoms with Crippen molar-refractivity contribution in [3.05, 3.63) is 118 Å². The van der Waals surface area contributed by atoms with Crippen LogP contribution in [-0.2, 0) is 6.42 Å². The van der Waals surface area contributed by atoms with E-state index < -0.39 is 0 Å². The zero-order chi connectivity index (χ0) is 25.0. The molecule has 0 bridgehead atoms. The fourth-order valence-corrected chi connectivity index (χ4v) is 6.85. The average Bonchev–Trinajstić information content (AvgIpc) is 3.20. The topological polar surface area (TPSA) is 63.8 Å². The molecule has 8 heteroatoms. The van der Waals surface area contributed by atoms with E-state index in [2.05, 4.69) is 34.1 Å². The van der Waals surface area contributed by atoms with Crippen LogP contribution in [0.1, 0.15) is 34.7 Å². The second-order valence-corrected chi connectivity index (χ2v) is 11.0. The number of halogens is 2. The number of allylic oxidation sites excluding steroid dienone is 1. The van der Waals surface area contributed by atoms with Gasteiger partial charge in [-0.25, -0.2) is 4.99 Å². The summed E-state index contributed by atoms with van der Waals surface area (Å²) in [4.78, 5) is 19.5. The summed E-state index contributed by atoms with van der Waals surface area (Å²) >= 11 is 10.9. The highest BCUT2D eigenvalue weighted by Crippen LogP contribution is 2.43. The Balaban J connectivity index is 1.66. The molecule has 36 heavy (non-hydrogen) atoms. The molecule has 1 N–H and O–H groups in total. The number of fused-ring (bicyclic) bond motifs is 3. The molecule has 2 heterocycles. The maximum atomic E-state index is 13.9. The monoisotopic (exact) mass is 578 g/mol. The summed E-state index contributed by atoms with van der Waals surface area (Å²) < 4.78 is 8.66. The molecule has 0 fully saturated rings. The predicted molar refractivity (Wildman–Crippen MR) is 147 cm³/mol. The molecule has 180 valence electrons. The average molecular weight is 580 g/mol. The van der Waals surface area contributed by atoms with E-state index in [1.807, 2.05) is 30.3 Å². The van der Waals surface area contributed by atoms with E-state index in [0.717, 1.165) is 41.0 Å². The van der Waals surface area contributed by atoms with Gasteiger partial charge in [0.15, 0.2) is 4.80 Å². The first-order valence-corrected chi connectivity index (χ1v) is 13.4. The van der Waals surface area contributed by atoms with E-state index in [1.165, 1.54) is 16.9 Å². The van der Waals surface area contributed by atoms with Gasteiger partial charge in [-0.15, -0.1) is 0 Å². The highest BCUT2D eigenvalue weighted by Gasteiger charge is 2.34. The molecule has 2 aliphatic rings. The largest absolute Gasteiger partial charge is 0.506 e. The van der Waals surface area contributed by atoms with Crippen LogP contribution in [0, 0.1) is 0 Å². The number of aromatic hydroxyl groups is 1. The lowest BCUT2D eigenvalue weighted by Crippen LogP contribution is -2.39. The first-order chi connectivity index (χ1) is 17.5. The third kappa shape index (κ3) is 3.74. The van der Waals surface area contributed by atoms with Crippen LogP contribution in [0.2, 0.25) is 5.02 Å². The van der Waals surface area contributed by atoms with Gasteiger partial charge in [0, 0.05) is 21.2 Å². The van der Waals surface area contributed by atoms with Gasteiger partial charge in [0.25, 0.3) is 5.56 Å². The number of benzene rings is 3. The van der Waals surface area contributed by atoms with Crippen LogP contribution >= 0.6 is 38.9 Å². The smallest absolute Gasteiger partial charge is 0.271 e. The third-order valence-electron chi connectivity index (χ3n) is 6.65. The van der Waals surface area contributed by atoms with Crippen molar-refractivity contribution in [1.82, 2.24) is 4.57 Å². The van der Waals surface area contributed by atoms with Crippen molar-refractivity contribution in [2.45, 2.75) is 18.9 Å². The van der Waals surface area contributed by atoms with Crippen LogP contribution in [0.25, 0.3) is 11.8 Å². The van der Waals surface area contributed by atoms with Gasteiger partial charge in [-0.2, -0.15) is 0 Å². The summed E-state index contributed by atoms with van der Waals surface area (Å²) in [6.45, 7) is 0. The molecular formula is C28H20BrClN2O3S. The third-order valence-corrected chi connectivity index (χ3v) is 8.38. The van der Waals surface area contributed by atoms with Crippen LogP contribution in [0.5, 0.6) is 11.5 Å². The summed E-state index contributed by atoms with van der Waals surface area (Å²) in [5, 5.41) is 10.7. The van der Waals surface area contributed by atoms with Gasteiger partial charge in [-0.1, -0.05) is 81.3 Å². The van der Waals surface area contributed by atoms with Crippen LogP contribution in [-0.4, -0.2) is 16.8 Å². The van der Waals surface area contributed by atoms with Gasteiger partial charge >= 0.3 is 0 Å². The Morgan fingerprint density at radius 2 is 1.94 bits per heavy atom. The minimum atomic E-state index is -0.345. The Labute approximate surface area is 224 Å². The Morgan fingerprint density at radius 1 is 1.17 bits per heavy atom. The van der Waals surface area contributed by atoms with E-state index in [1.54, 1.807) is 29.9 Å². The molecule has 1 aliphatic heterocycles.